The highest BCUT2D eigenvalue weighted by Crippen LogP contribution is 2.14. The fraction of sp³-hybridized carbons (Fsp3) is 0.364. The predicted octanol–water partition coefficient (Wildman–Crippen LogP) is -0.117. The first-order valence-corrected chi connectivity index (χ1v) is 5.02. The van der Waals surface area contributed by atoms with Gasteiger partial charge in [-0.1, -0.05) is 0 Å². The van der Waals surface area contributed by atoms with Crippen LogP contribution in [0, 0.1) is 0 Å². The number of aldehydes is 1. The van der Waals surface area contributed by atoms with Gasteiger partial charge < -0.3 is 10.2 Å². The molecule has 1 aromatic rings. The van der Waals surface area contributed by atoms with Crippen molar-refractivity contribution in [3.8, 4) is 0 Å². The Morgan fingerprint density at radius 1 is 1.14 bits per heavy atom. The molecule has 0 spiro atoms. The van der Waals surface area contributed by atoms with E-state index in [4.69, 9.17) is 0 Å². The van der Waals surface area contributed by atoms with Crippen LogP contribution in [0.4, 0.5) is 5.69 Å². The van der Waals surface area contributed by atoms with E-state index in [-0.39, 0.29) is 0 Å². The standard InChI is InChI=1S/C11H14N2O/c14-9-10-1-3-11(4-2-10)13-7-5-12-6-8-13/h1-4,9,12H,5-8H2/p+1. The monoisotopic (exact) mass is 191 g/mol. The minimum Gasteiger partial charge on any atom is -0.360 e. The summed E-state index contributed by atoms with van der Waals surface area (Å²) in [5, 5.41) is 2.33. The highest BCUT2D eigenvalue weighted by atomic mass is 16.1. The van der Waals surface area contributed by atoms with Gasteiger partial charge in [-0.3, -0.25) is 4.79 Å². The molecule has 0 aromatic heterocycles. The van der Waals surface area contributed by atoms with Crippen molar-refractivity contribution in [2.75, 3.05) is 31.1 Å². The van der Waals surface area contributed by atoms with Crippen molar-refractivity contribution in [1.82, 2.24) is 0 Å². The Hall–Kier alpha value is -1.35. The lowest BCUT2D eigenvalue weighted by atomic mass is 10.2. The van der Waals surface area contributed by atoms with Crippen LogP contribution < -0.4 is 10.2 Å². The van der Waals surface area contributed by atoms with E-state index in [0.29, 0.717) is 0 Å². The van der Waals surface area contributed by atoms with E-state index in [2.05, 4.69) is 10.2 Å². The van der Waals surface area contributed by atoms with Crippen molar-refractivity contribution in [3.63, 3.8) is 0 Å². The van der Waals surface area contributed by atoms with E-state index in [1.54, 1.807) is 0 Å². The van der Waals surface area contributed by atoms with E-state index < -0.39 is 0 Å². The summed E-state index contributed by atoms with van der Waals surface area (Å²) in [7, 11) is 0. The Kier molecular flexibility index (Phi) is 2.79. The van der Waals surface area contributed by atoms with Crippen LogP contribution in [0.2, 0.25) is 0 Å². The van der Waals surface area contributed by atoms with Gasteiger partial charge in [0.05, 0.1) is 26.2 Å². The van der Waals surface area contributed by atoms with Gasteiger partial charge in [0.15, 0.2) is 0 Å². The summed E-state index contributed by atoms with van der Waals surface area (Å²) >= 11 is 0. The predicted molar refractivity (Wildman–Crippen MR) is 55.7 cm³/mol. The maximum absolute atomic E-state index is 10.5. The average molecular weight is 191 g/mol. The summed E-state index contributed by atoms with van der Waals surface area (Å²) in [6, 6.07) is 7.80. The molecule has 1 fully saturated rings. The first kappa shape index (κ1) is 9.21. The van der Waals surface area contributed by atoms with Crippen molar-refractivity contribution in [2.24, 2.45) is 0 Å². The molecule has 2 rings (SSSR count). The molecule has 0 amide bonds. The van der Waals surface area contributed by atoms with Crippen LogP contribution in [0.5, 0.6) is 0 Å². The molecule has 0 aliphatic carbocycles. The Morgan fingerprint density at radius 2 is 1.79 bits per heavy atom. The van der Waals surface area contributed by atoms with E-state index in [9.17, 15) is 4.79 Å². The summed E-state index contributed by atoms with van der Waals surface area (Å²) in [6.45, 7) is 4.52. The Morgan fingerprint density at radius 3 is 2.36 bits per heavy atom. The van der Waals surface area contributed by atoms with Gasteiger partial charge in [-0.05, 0) is 24.3 Å². The van der Waals surface area contributed by atoms with Gasteiger partial charge in [-0.2, -0.15) is 0 Å². The molecule has 14 heavy (non-hydrogen) atoms. The van der Waals surface area contributed by atoms with Crippen molar-refractivity contribution >= 4 is 12.0 Å². The summed E-state index contributed by atoms with van der Waals surface area (Å²) < 4.78 is 0. The fourth-order valence-electron chi connectivity index (χ4n) is 1.77. The molecule has 0 atom stereocenters. The van der Waals surface area contributed by atoms with E-state index in [0.717, 1.165) is 38.0 Å². The van der Waals surface area contributed by atoms with Crippen molar-refractivity contribution in [1.29, 1.82) is 0 Å². The topological polar surface area (TPSA) is 36.9 Å². The Labute approximate surface area is 83.7 Å². The van der Waals surface area contributed by atoms with Crippen molar-refractivity contribution < 1.29 is 10.1 Å². The molecule has 0 bridgehead atoms. The maximum atomic E-state index is 10.5. The number of rotatable bonds is 2. The first-order chi connectivity index (χ1) is 6.90. The summed E-state index contributed by atoms with van der Waals surface area (Å²) in [5.41, 5.74) is 1.97. The quantitative estimate of drug-likeness (QED) is 0.662. The minimum atomic E-state index is 0.748. The molecule has 1 saturated heterocycles. The number of nitrogens with zero attached hydrogens (tertiary/aromatic N) is 1. The molecule has 0 unspecified atom stereocenters. The molecule has 1 aliphatic rings. The van der Waals surface area contributed by atoms with Gasteiger partial charge in [-0.15, -0.1) is 0 Å². The zero-order valence-corrected chi connectivity index (χ0v) is 8.15. The summed E-state index contributed by atoms with van der Waals surface area (Å²) in [5.74, 6) is 0. The molecule has 0 radical (unpaired) electrons. The molecule has 1 aromatic carbocycles. The van der Waals surface area contributed by atoms with E-state index in [1.165, 1.54) is 5.69 Å². The number of benzene rings is 1. The molecule has 3 heteroatoms. The van der Waals surface area contributed by atoms with Crippen LogP contribution in [-0.2, 0) is 0 Å². The second-order valence-electron chi connectivity index (χ2n) is 3.56. The number of anilines is 1. The third kappa shape index (κ3) is 1.93. The second kappa shape index (κ2) is 4.24. The largest absolute Gasteiger partial charge is 0.360 e. The third-order valence-corrected chi connectivity index (χ3v) is 2.60. The van der Waals surface area contributed by atoms with Gasteiger partial charge in [0.1, 0.15) is 6.29 Å². The summed E-state index contributed by atoms with van der Waals surface area (Å²) in [6.07, 6.45) is 0.883. The zero-order chi connectivity index (χ0) is 9.80. The zero-order valence-electron chi connectivity index (χ0n) is 8.15. The molecule has 74 valence electrons. The van der Waals surface area contributed by atoms with Crippen LogP contribution in [0.15, 0.2) is 24.3 Å². The fourth-order valence-corrected chi connectivity index (χ4v) is 1.77. The lowest BCUT2D eigenvalue weighted by molar-refractivity contribution is -0.655. The van der Waals surface area contributed by atoms with E-state index in [1.807, 2.05) is 24.3 Å². The third-order valence-electron chi connectivity index (χ3n) is 2.60. The SMILES string of the molecule is O=Cc1ccc(N2CC[NH2+]CC2)cc1. The lowest BCUT2D eigenvalue weighted by Crippen LogP contribution is -2.89. The number of hydrogen-bond acceptors (Lipinski definition) is 2. The average Bonchev–Trinajstić information content (AvgIpc) is 2.30. The van der Waals surface area contributed by atoms with Crippen molar-refractivity contribution in [3.05, 3.63) is 29.8 Å². The van der Waals surface area contributed by atoms with Crippen LogP contribution in [0.3, 0.4) is 0 Å². The van der Waals surface area contributed by atoms with E-state index >= 15 is 0 Å². The molecule has 3 nitrogen and oxygen atoms in total. The van der Waals surface area contributed by atoms with Gasteiger partial charge in [0.2, 0.25) is 0 Å². The number of carbonyl (C=O) groups is 1. The molecular formula is C11H15N2O+. The molecule has 1 heterocycles. The first-order valence-electron chi connectivity index (χ1n) is 5.02. The molecule has 2 N–H and O–H groups in total. The van der Waals surface area contributed by atoms with Crippen LogP contribution in [-0.4, -0.2) is 32.5 Å². The van der Waals surface area contributed by atoms with Gasteiger partial charge in [0, 0.05) is 11.3 Å². The van der Waals surface area contributed by atoms with Crippen LogP contribution >= 0.6 is 0 Å². The van der Waals surface area contributed by atoms with Gasteiger partial charge in [0.25, 0.3) is 0 Å². The lowest BCUT2D eigenvalue weighted by Gasteiger charge is -2.27. The smallest absolute Gasteiger partial charge is 0.150 e. The van der Waals surface area contributed by atoms with Crippen molar-refractivity contribution in [2.45, 2.75) is 0 Å². The number of piperazine rings is 1. The van der Waals surface area contributed by atoms with Crippen LogP contribution in [0.25, 0.3) is 0 Å². The number of carbonyl (C=O) groups excluding carboxylic acids is 1. The van der Waals surface area contributed by atoms with Crippen LogP contribution in [0.1, 0.15) is 10.4 Å². The second-order valence-corrected chi connectivity index (χ2v) is 3.56. The number of hydrogen-bond donors (Lipinski definition) is 1. The highest BCUT2D eigenvalue weighted by molar-refractivity contribution is 5.75. The number of quaternary nitrogens is 1. The van der Waals surface area contributed by atoms with Gasteiger partial charge in [-0.25, -0.2) is 0 Å². The highest BCUT2D eigenvalue weighted by Gasteiger charge is 2.11. The number of nitrogens with two attached hydrogens (primary N) is 1. The normalized spacial score (nSPS) is 16.7. The Bertz CT molecular complexity index is 302. The maximum Gasteiger partial charge on any atom is 0.150 e. The summed E-state index contributed by atoms with van der Waals surface area (Å²) in [4.78, 5) is 12.8. The molecule has 0 saturated carbocycles. The molecular weight excluding hydrogens is 176 g/mol. The minimum absolute atomic E-state index is 0.748. The van der Waals surface area contributed by atoms with Gasteiger partial charge >= 0.3 is 0 Å². The molecule has 1 aliphatic heterocycles. The Balaban J connectivity index is 2.11.